The number of nitrogens with zero attached hydrogens (tertiary/aromatic N) is 4. The first-order valence-electron chi connectivity index (χ1n) is 10.4. The van der Waals surface area contributed by atoms with E-state index in [0.717, 1.165) is 62.4 Å². The molecule has 1 aromatic carbocycles. The van der Waals surface area contributed by atoms with Gasteiger partial charge in [0.05, 0.1) is 5.56 Å². The standard InChI is InChI=1S/C23H28N4O2/c1-25(2)22(28)17-8-10-20(11-9-17)27-14-6-7-18-15-19(16-24-21(18)27)23(29)26-12-4-3-5-13-26/h8-11,15-16H,3-7,12-14H2,1-2H3. The minimum absolute atomic E-state index is 0.00501. The van der Waals surface area contributed by atoms with Gasteiger partial charge in [0.25, 0.3) is 11.8 Å². The van der Waals surface area contributed by atoms with Crippen molar-refractivity contribution in [2.24, 2.45) is 0 Å². The van der Waals surface area contributed by atoms with Gasteiger partial charge >= 0.3 is 0 Å². The average molecular weight is 393 g/mol. The van der Waals surface area contributed by atoms with Crippen molar-refractivity contribution in [1.82, 2.24) is 14.8 Å². The van der Waals surface area contributed by atoms with Crippen LogP contribution in [0.5, 0.6) is 0 Å². The van der Waals surface area contributed by atoms with E-state index in [-0.39, 0.29) is 11.8 Å². The van der Waals surface area contributed by atoms with Crippen LogP contribution in [0, 0.1) is 0 Å². The van der Waals surface area contributed by atoms with Gasteiger partial charge in [-0.15, -0.1) is 0 Å². The summed E-state index contributed by atoms with van der Waals surface area (Å²) in [5.74, 6) is 1.01. The number of fused-ring (bicyclic) bond motifs is 1. The normalized spacial score (nSPS) is 16.3. The summed E-state index contributed by atoms with van der Waals surface area (Å²) < 4.78 is 0. The molecular formula is C23H28N4O2. The van der Waals surface area contributed by atoms with Crippen LogP contribution in [0.3, 0.4) is 0 Å². The van der Waals surface area contributed by atoms with Crippen LogP contribution in [0.2, 0.25) is 0 Å². The number of benzene rings is 1. The lowest BCUT2D eigenvalue weighted by atomic mass is 10.0. The van der Waals surface area contributed by atoms with Crippen molar-refractivity contribution < 1.29 is 9.59 Å². The third-order valence-corrected chi connectivity index (χ3v) is 5.75. The van der Waals surface area contributed by atoms with Crippen LogP contribution in [0.25, 0.3) is 0 Å². The molecule has 0 aliphatic carbocycles. The SMILES string of the molecule is CN(C)C(=O)c1ccc(N2CCCc3cc(C(=O)N4CCCCC4)cnc32)cc1. The first-order valence-corrected chi connectivity index (χ1v) is 10.4. The third kappa shape index (κ3) is 3.97. The topological polar surface area (TPSA) is 56.8 Å². The van der Waals surface area contributed by atoms with Gasteiger partial charge in [0.1, 0.15) is 5.82 Å². The largest absolute Gasteiger partial charge is 0.345 e. The molecule has 2 amide bonds. The number of carbonyl (C=O) groups excluding carboxylic acids is 2. The summed E-state index contributed by atoms with van der Waals surface area (Å²) >= 11 is 0. The summed E-state index contributed by atoms with van der Waals surface area (Å²) in [5.41, 5.74) is 3.50. The number of carbonyl (C=O) groups is 2. The summed E-state index contributed by atoms with van der Waals surface area (Å²) in [5, 5.41) is 0. The number of likely N-dealkylation sites (tertiary alicyclic amines) is 1. The highest BCUT2D eigenvalue weighted by molar-refractivity contribution is 5.95. The van der Waals surface area contributed by atoms with Crippen LogP contribution in [0.15, 0.2) is 36.5 Å². The number of hydrogen-bond donors (Lipinski definition) is 0. The minimum atomic E-state index is -0.00501. The number of hydrogen-bond acceptors (Lipinski definition) is 4. The smallest absolute Gasteiger partial charge is 0.255 e. The maximum absolute atomic E-state index is 12.8. The van der Waals surface area contributed by atoms with Crippen molar-refractivity contribution in [3.05, 3.63) is 53.2 Å². The van der Waals surface area contributed by atoms with E-state index in [1.54, 1.807) is 25.2 Å². The Bertz CT molecular complexity index is 902. The van der Waals surface area contributed by atoms with Crippen LogP contribution in [-0.4, -0.2) is 60.3 Å². The Morgan fingerprint density at radius 1 is 0.931 bits per heavy atom. The van der Waals surface area contributed by atoms with Crippen LogP contribution >= 0.6 is 0 Å². The molecule has 2 aromatic rings. The highest BCUT2D eigenvalue weighted by Gasteiger charge is 2.24. The van der Waals surface area contributed by atoms with Crippen molar-refractivity contribution in [2.75, 3.05) is 38.6 Å². The molecule has 6 nitrogen and oxygen atoms in total. The molecule has 2 aliphatic heterocycles. The fraction of sp³-hybridized carbons (Fsp3) is 0.435. The average Bonchev–Trinajstić information content (AvgIpc) is 2.78. The minimum Gasteiger partial charge on any atom is -0.345 e. The van der Waals surface area contributed by atoms with Gasteiger partial charge in [0.2, 0.25) is 0 Å². The molecule has 6 heteroatoms. The van der Waals surface area contributed by atoms with E-state index in [1.165, 1.54) is 6.42 Å². The van der Waals surface area contributed by atoms with E-state index in [2.05, 4.69) is 9.88 Å². The van der Waals surface area contributed by atoms with Crippen LogP contribution in [-0.2, 0) is 6.42 Å². The van der Waals surface area contributed by atoms with Crippen LogP contribution < -0.4 is 4.90 Å². The van der Waals surface area contributed by atoms with E-state index >= 15 is 0 Å². The van der Waals surface area contributed by atoms with Crippen molar-refractivity contribution in [3.8, 4) is 0 Å². The molecule has 0 unspecified atom stereocenters. The van der Waals surface area contributed by atoms with Gasteiger partial charge in [-0.05, 0) is 68.0 Å². The second-order valence-electron chi connectivity index (χ2n) is 8.06. The second kappa shape index (κ2) is 8.23. The molecule has 0 bridgehead atoms. The summed E-state index contributed by atoms with van der Waals surface area (Å²) in [6.45, 7) is 2.57. The Labute approximate surface area is 172 Å². The molecule has 0 atom stereocenters. The Morgan fingerprint density at radius 2 is 1.66 bits per heavy atom. The van der Waals surface area contributed by atoms with Crippen LogP contribution in [0.1, 0.15) is 52.0 Å². The monoisotopic (exact) mass is 392 g/mol. The molecule has 0 radical (unpaired) electrons. The van der Waals surface area contributed by atoms with Gasteiger partial charge in [0, 0.05) is 51.2 Å². The van der Waals surface area contributed by atoms with Crippen molar-refractivity contribution in [2.45, 2.75) is 32.1 Å². The van der Waals surface area contributed by atoms with Crippen molar-refractivity contribution >= 4 is 23.3 Å². The van der Waals surface area contributed by atoms with E-state index in [9.17, 15) is 9.59 Å². The number of piperidine rings is 1. The molecule has 152 valence electrons. The zero-order chi connectivity index (χ0) is 20.4. The molecule has 3 heterocycles. The highest BCUT2D eigenvalue weighted by Crippen LogP contribution is 2.32. The number of pyridine rings is 1. The number of aromatic nitrogens is 1. The second-order valence-corrected chi connectivity index (χ2v) is 8.06. The Balaban J connectivity index is 1.57. The lowest BCUT2D eigenvalue weighted by Crippen LogP contribution is -2.36. The van der Waals surface area contributed by atoms with E-state index in [0.29, 0.717) is 11.1 Å². The van der Waals surface area contributed by atoms with Gasteiger partial charge in [-0.3, -0.25) is 9.59 Å². The molecule has 0 N–H and O–H groups in total. The molecule has 1 saturated heterocycles. The third-order valence-electron chi connectivity index (χ3n) is 5.75. The molecule has 0 saturated carbocycles. The maximum atomic E-state index is 12.8. The summed E-state index contributed by atoms with van der Waals surface area (Å²) in [4.78, 5) is 35.3. The molecule has 29 heavy (non-hydrogen) atoms. The predicted molar refractivity (Wildman–Crippen MR) is 114 cm³/mol. The van der Waals surface area contributed by atoms with E-state index < -0.39 is 0 Å². The number of aryl methyl sites for hydroxylation is 1. The summed E-state index contributed by atoms with van der Waals surface area (Å²) in [6, 6.07) is 9.69. The van der Waals surface area contributed by atoms with Gasteiger partial charge in [-0.1, -0.05) is 0 Å². The van der Waals surface area contributed by atoms with E-state index in [1.807, 2.05) is 35.2 Å². The Kier molecular flexibility index (Phi) is 5.51. The van der Waals surface area contributed by atoms with Crippen LogP contribution in [0.4, 0.5) is 11.5 Å². The lowest BCUT2D eigenvalue weighted by Gasteiger charge is -2.31. The van der Waals surface area contributed by atoms with Gasteiger partial charge < -0.3 is 14.7 Å². The maximum Gasteiger partial charge on any atom is 0.255 e. The summed E-state index contributed by atoms with van der Waals surface area (Å²) in [7, 11) is 3.51. The molecular weight excluding hydrogens is 364 g/mol. The van der Waals surface area contributed by atoms with E-state index in [4.69, 9.17) is 0 Å². The molecule has 0 spiro atoms. The highest BCUT2D eigenvalue weighted by atomic mass is 16.2. The van der Waals surface area contributed by atoms with Gasteiger partial charge in [-0.25, -0.2) is 4.98 Å². The summed E-state index contributed by atoms with van der Waals surface area (Å²) in [6.07, 6.45) is 7.04. The quantitative estimate of drug-likeness (QED) is 0.802. The fourth-order valence-electron chi connectivity index (χ4n) is 4.15. The zero-order valence-corrected chi connectivity index (χ0v) is 17.2. The number of rotatable bonds is 3. The fourth-order valence-corrected chi connectivity index (χ4v) is 4.15. The van der Waals surface area contributed by atoms with Gasteiger partial charge in [0.15, 0.2) is 0 Å². The Morgan fingerprint density at radius 3 is 2.34 bits per heavy atom. The molecule has 1 aromatic heterocycles. The lowest BCUT2D eigenvalue weighted by molar-refractivity contribution is 0.0723. The first-order chi connectivity index (χ1) is 14.0. The first kappa shape index (κ1) is 19.4. The van der Waals surface area contributed by atoms with Crippen molar-refractivity contribution in [3.63, 3.8) is 0 Å². The number of amides is 2. The Hall–Kier alpha value is -2.89. The van der Waals surface area contributed by atoms with Gasteiger partial charge in [-0.2, -0.15) is 0 Å². The molecule has 1 fully saturated rings. The van der Waals surface area contributed by atoms with Crippen molar-refractivity contribution in [1.29, 1.82) is 0 Å². The number of anilines is 2. The molecule has 4 rings (SSSR count). The zero-order valence-electron chi connectivity index (χ0n) is 17.2. The predicted octanol–water partition coefficient (Wildman–Crippen LogP) is 3.49. The molecule has 2 aliphatic rings.